The van der Waals surface area contributed by atoms with E-state index in [0.717, 1.165) is 11.1 Å². The lowest BCUT2D eigenvalue weighted by Gasteiger charge is -2.04. The van der Waals surface area contributed by atoms with Crippen LogP contribution in [0.25, 0.3) is 11.0 Å². The predicted molar refractivity (Wildman–Crippen MR) is 102 cm³/mol. The Bertz CT molecular complexity index is 1210. The number of carboxylic acid groups (broad SMARTS) is 1. The van der Waals surface area contributed by atoms with Crippen molar-refractivity contribution in [2.75, 3.05) is 0 Å². The Hall–Kier alpha value is -3.74. The second kappa shape index (κ2) is 7.11. The fourth-order valence-corrected chi connectivity index (χ4v) is 3.20. The molecule has 0 saturated heterocycles. The van der Waals surface area contributed by atoms with Gasteiger partial charge in [-0.25, -0.2) is 14.0 Å². The topological polar surface area (TPSA) is 77.1 Å². The Labute approximate surface area is 159 Å². The van der Waals surface area contributed by atoms with Crippen LogP contribution < -0.4 is 5.69 Å². The summed E-state index contributed by atoms with van der Waals surface area (Å²) >= 11 is 0. The standard InChI is InChI=1S/C21H16FN3O3/c22-17-4-1-14(2-5-17)12-24-18-6-3-16(20(26)27)11-19(18)25(21(24)28)13-15-7-9-23-10-8-15/h1-11H,12-13H2,(H,26,27). The highest BCUT2D eigenvalue weighted by atomic mass is 19.1. The SMILES string of the molecule is O=C(O)c1ccc2c(c1)n(Cc1ccncc1)c(=O)n2Cc1ccc(F)cc1. The van der Waals surface area contributed by atoms with E-state index in [-0.39, 0.29) is 30.2 Å². The minimum absolute atomic E-state index is 0.106. The third-order valence-corrected chi connectivity index (χ3v) is 4.61. The van der Waals surface area contributed by atoms with Crippen LogP contribution in [0, 0.1) is 5.82 Å². The smallest absolute Gasteiger partial charge is 0.335 e. The van der Waals surface area contributed by atoms with Gasteiger partial charge in [-0.2, -0.15) is 0 Å². The van der Waals surface area contributed by atoms with Gasteiger partial charge in [0.05, 0.1) is 29.7 Å². The van der Waals surface area contributed by atoms with E-state index in [4.69, 9.17) is 0 Å². The number of aromatic carboxylic acids is 1. The quantitative estimate of drug-likeness (QED) is 0.580. The van der Waals surface area contributed by atoms with Crippen molar-refractivity contribution in [1.29, 1.82) is 0 Å². The van der Waals surface area contributed by atoms with E-state index in [2.05, 4.69) is 4.98 Å². The van der Waals surface area contributed by atoms with Crippen LogP contribution in [0.3, 0.4) is 0 Å². The lowest BCUT2D eigenvalue weighted by atomic mass is 10.2. The second-order valence-electron chi connectivity index (χ2n) is 6.45. The molecule has 0 unspecified atom stereocenters. The van der Waals surface area contributed by atoms with Gasteiger partial charge in [-0.3, -0.25) is 14.1 Å². The predicted octanol–water partition coefficient (Wildman–Crippen LogP) is 3.13. The maximum atomic E-state index is 13.2. The number of aromatic nitrogens is 3. The molecule has 0 spiro atoms. The van der Waals surface area contributed by atoms with Gasteiger partial charge in [0.1, 0.15) is 5.82 Å². The van der Waals surface area contributed by atoms with E-state index >= 15 is 0 Å². The van der Waals surface area contributed by atoms with Crippen LogP contribution in [0.4, 0.5) is 4.39 Å². The molecule has 2 aromatic heterocycles. The average Bonchev–Trinajstić information content (AvgIpc) is 2.95. The van der Waals surface area contributed by atoms with Crippen molar-refractivity contribution in [3.63, 3.8) is 0 Å². The Morgan fingerprint density at radius 3 is 2.14 bits per heavy atom. The molecule has 140 valence electrons. The van der Waals surface area contributed by atoms with Crippen molar-refractivity contribution in [3.8, 4) is 0 Å². The Morgan fingerprint density at radius 1 is 0.893 bits per heavy atom. The van der Waals surface area contributed by atoms with E-state index in [1.54, 1.807) is 51.9 Å². The van der Waals surface area contributed by atoms with E-state index in [1.807, 2.05) is 0 Å². The van der Waals surface area contributed by atoms with Gasteiger partial charge in [0.2, 0.25) is 0 Å². The number of carbonyl (C=O) groups is 1. The summed E-state index contributed by atoms with van der Waals surface area (Å²) in [6, 6.07) is 14.2. The molecule has 0 aliphatic heterocycles. The van der Waals surface area contributed by atoms with E-state index in [1.165, 1.54) is 24.3 Å². The molecule has 0 radical (unpaired) electrons. The highest BCUT2D eigenvalue weighted by Gasteiger charge is 2.16. The largest absolute Gasteiger partial charge is 0.478 e. The Kier molecular flexibility index (Phi) is 4.49. The Balaban J connectivity index is 1.87. The monoisotopic (exact) mass is 377 g/mol. The molecule has 0 bridgehead atoms. The first-order chi connectivity index (χ1) is 13.5. The molecule has 6 nitrogen and oxygen atoms in total. The summed E-state index contributed by atoms with van der Waals surface area (Å²) in [6.07, 6.45) is 3.28. The van der Waals surface area contributed by atoms with E-state index in [9.17, 15) is 19.1 Å². The van der Waals surface area contributed by atoms with Gasteiger partial charge in [-0.1, -0.05) is 12.1 Å². The molecule has 0 atom stereocenters. The first-order valence-electron chi connectivity index (χ1n) is 8.62. The zero-order chi connectivity index (χ0) is 19.7. The van der Waals surface area contributed by atoms with Crippen molar-refractivity contribution in [3.05, 3.63) is 100.0 Å². The number of imidazole rings is 1. The van der Waals surface area contributed by atoms with Crippen LogP contribution in [-0.2, 0) is 13.1 Å². The van der Waals surface area contributed by atoms with Gasteiger partial charge < -0.3 is 5.11 Å². The molecule has 2 aromatic carbocycles. The van der Waals surface area contributed by atoms with Crippen LogP contribution in [0.1, 0.15) is 21.5 Å². The molecular formula is C21H16FN3O3. The number of pyridine rings is 1. The summed E-state index contributed by atoms with van der Waals surface area (Å²) in [5, 5.41) is 9.32. The van der Waals surface area contributed by atoms with Crippen LogP contribution in [-0.4, -0.2) is 25.2 Å². The molecule has 0 aliphatic rings. The van der Waals surface area contributed by atoms with Crippen LogP contribution in [0.15, 0.2) is 71.8 Å². The van der Waals surface area contributed by atoms with Gasteiger partial charge >= 0.3 is 11.7 Å². The number of fused-ring (bicyclic) bond motifs is 1. The van der Waals surface area contributed by atoms with Crippen LogP contribution in [0.2, 0.25) is 0 Å². The fourth-order valence-electron chi connectivity index (χ4n) is 3.20. The average molecular weight is 377 g/mol. The van der Waals surface area contributed by atoms with Crippen molar-refractivity contribution in [2.24, 2.45) is 0 Å². The minimum Gasteiger partial charge on any atom is -0.478 e. The normalized spacial score (nSPS) is 11.0. The van der Waals surface area contributed by atoms with Crippen LogP contribution in [0.5, 0.6) is 0 Å². The number of halogens is 1. The molecule has 0 fully saturated rings. The molecule has 0 aliphatic carbocycles. The number of rotatable bonds is 5. The summed E-state index contributed by atoms with van der Waals surface area (Å²) in [6.45, 7) is 0.544. The van der Waals surface area contributed by atoms with Crippen molar-refractivity contribution in [1.82, 2.24) is 14.1 Å². The zero-order valence-electron chi connectivity index (χ0n) is 14.7. The minimum atomic E-state index is -1.06. The molecule has 4 aromatic rings. The summed E-state index contributed by atoms with van der Waals surface area (Å²) in [4.78, 5) is 28.5. The number of benzene rings is 2. The van der Waals surface area contributed by atoms with Gasteiger partial charge in [0.15, 0.2) is 0 Å². The molecule has 7 heteroatoms. The Morgan fingerprint density at radius 2 is 1.50 bits per heavy atom. The summed E-state index contributed by atoms with van der Waals surface area (Å²) < 4.78 is 16.3. The first kappa shape index (κ1) is 17.7. The molecular weight excluding hydrogens is 361 g/mol. The summed E-state index contributed by atoms with van der Waals surface area (Å²) in [5.74, 6) is -1.40. The third kappa shape index (κ3) is 3.29. The highest BCUT2D eigenvalue weighted by molar-refractivity contribution is 5.92. The van der Waals surface area contributed by atoms with Crippen molar-refractivity contribution < 1.29 is 14.3 Å². The van der Waals surface area contributed by atoms with E-state index < -0.39 is 5.97 Å². The second-order valence-corrected chi connectivity index (χ2v) is 6.45. The molecule has 4 rings (SSSR count). The van der Waals surface area contributed by atoms with Gasteiger partial charge in [0, 0.05) is 12.4 Å². The van der Waals surface area contributed by atoms with Gasteiger partial charge in [-0.05, 0) is 53.6 Å². The maximum Gasteiger partial charge on any atom is 0.335 e. The molecule has 0 amide bonds. The molecule has 2 heterocycles. The zero-order valence-corrected chi connectivity index (χ0v) is 14.7. The number of carboxylic acids is 1. The number of nitrogens with zero attached hydrogens (tertiary/aromatic N) is 3. The van der Waals surface area contributed by atoms with Gasteiger partial charge in [0.25, 0.3) is 0 Å². The number of hydrogen-bond acceptors (Lipinski definition) is 3. The lowest BCUT2D eigenvalue weighted by Crippen LogP contribution is -2.25. The molecule has 0 saturated carbocycles. The van der Waals surface area contributed by atoms with Crippen molar-refractivity contribution >= 4 is 17.0 Å². The fraction of sp³-hybridized carbons (Fsp3) is 0.0952. The maximum absolute atomic E-state index is 13.2. The van der Waals surface area contributed by atoms with Crippen LogP contribution >= 0.6 is 0 Å². The molecule has 28 heavy (non-hydrogen) atoms. The van der Waals surface area contributed by atoms with Gasteiger partial charge in [-0.15, -0.1) is 0 Å². The van der Waals surface area contributed by atoms with Crippen molar-refractivity contribution in [2.45, 2.75) is 13.1 Å². The van der Waals surface area contributed by atoms with E-state index in [0.29, 0.717) is 11.0 Å². The lowest BCUT2D eigenvalue weighted by molar-refractivity contribution is 0.0697. The summed E-state index contributed by atoms with van der Waals surface area (Å²) in [5.41, 5.74) is 2.64. The summed E-state index contributed by atoms with van der Waals surface area (Å²) in [7, 11) is 0. The first-order valence-corrected chi connectivity index (χ1v) is 8.62. The molecule has 1 N–H and O–H groups in total. The highest BCUT2D eigenvalue weighted by Crippen LogP contribution is 2.18. The third-order valence-electron chi connectivity index (χ3n) is 4.61. The number of hydrogen-bond donors (Lipinski definition) is 1.